The third-order valence-electron chi connectivity index (χ3n) is 2.22. The molecule has 0 amide bonds. The van der Waals surface area contributed by atoms with Crippen LogP contribution in [-0.2, 0) is 6.18 Å². The molecular weight excluding hydrogens is 246 g/mol. The number of rotatable bonds is 2. The molecule has 16 heavy (non-hydrogen) atoms. The highest BCUT2D eigenvalue weighted by atomic mass is 35.5. The topological polar surface area (TPSA) is 26.0 Å². The Hall–Kier alpha value is -0.810. The second-order valence-electron chi connectivity index (χ2n) is 3.37. The minimum atomic E-state index is -4.56. The Kier molecular flexibility index (Phi) is 3.80. The van der Waals surface area contributed by atoms with Gasteiger partial charge in [-0.2, -0.15) is 13.2 Å². The highest BCUT2D eigenvalue weighted by Gasteiger charge is 2.32. The lowest BCUT2D eigenvalue weighted by Crippen LogP contribution is -2.14. The van der Waals surface area contributed by atoms with E-state index in [1.54, 1.807) is 6.92 Å². The van der Waals surface area contributed by atoms with Gasteiger partial charge in [-0.25, -0.2) is 4.39 Å². The fraction of sp³-hybridized carbons (Fsp3) is 0.400. The van der Waals surface area contributed by atoms with Crippen molar-refractivity contribution >= 4 is 11.6 Å². The van der Waals surface area contributed by atoms with E-state index in [0.717, 1.165) is 0 Å². The molecule has 0 aliphatic heterocycles. The Morgan fingerprint density at radius 1 is 1.38 bits per heavy atom. The summed E-state index contributed by atoms with van der Waals surface area (Å²) in [6.45, 7) is 1.65. The Bertz CT molecular complexity index is 389. The van der Waals surface area contributed by atoms with Crippen LogP contribution in [0.2, 0.25) is 5.02 Å². The molecule has 0 saturated heterocycles. The van der Waals surface area contributed by atoms with Gasteiger partial charge in [0.15, 0.2) is 0 Å². The van der Waals surface area contributed by atoms with Gasteiger partial charge in [-0.3, -0.25) is 0 Å². The first-order chi connectivity index (χ1) is 7.27. The normalized spacial score (nSPS) is 13.9. The van der Waals surface area contributed by atoms with Crippen LogP contribution < -0.4 is 5.73 Å². The van der Waals surface area contributed by atoms with E-state index in [-0.39, 0.29) is 5.56 Å². The summed E-state index contributed by atoms with van der Waals surface area (Å²) in [6.07, 6.45) is -4.23. The molecule has 0 bridgehead atoms. The zero-order chi connectivity index (χ0) is 12.5. The van der Waals surface area contributed by atoms with Crippen molar-refractivity contribution in [2.45, 2.75) is 25.6 Å². The molecule has 1 atom stereocenters. The van der Waals surface area contributed by atoms with E-state index in [0.29, 0.717) is 18.6 Å². The number of halogens is 5. The van der Waals surface area contributed by atoms with Crippen LogP contribution in [0.1, 0.15) is 30.5 Å². The van der Waals surface area contributed by atoms with E-state index < -0.39 is 28.6 Å². The predicted octanol–water partition coefficient (Wildman–Crippen LogP) is 3.91. The molecule has 0 heterocycles. The average molecular weight is 256 g/mol. The van der Waals surface area contributed by atoms with E-state index >= 15 is 0 Å². The summed E-state index contributed by atoms with van der Waals surface area (Å²) >= 11 is 5.40. The van der Waals surface area contributed by atoms with Crippen LogP contribution >= 0.6 is 11.6 Å². The van der Waals surface area contributed by atoms with Crippen molar-refractivity contribution in [2.24, 2.45) is 5.73 Å². The molecular formula is C10H10ClF4N. The summed E-state index contributed by atoms with van der Waals surface area (Å²) < 4.78 is 50.7. The molecule has 0 spiro atoms. The highest BCUT2D eigenvalue weighted by Crippen LogP contribution is 2.35. The zero-order valence-electron chi connectivity index (χ0n) is 8.41. The van der Waals surface area contributed by atoms with Crippen molar-refractivity contribution in [3.8, 4) is 0 Å². The maximum absolute atomic E-state index is 13.4. The predicted molar refractivity (Wildman–Crippen MR) is 53.6 cm³/mol. The molecule has 0 fully saturated rings. The van der Waals surface area contributed by atoms with Crippen molar-refractivity contribution in [1.82, 2.24) is 0 Å². The first-order valence-electron chi connectivity index (χ1n) is 4.59. The third kappa shape index (κ3) is 2.65. The van der Waals surface area contributed by atoms with Gasteiger partial charge in [-0.05, 0) is 18.6 Å². The van der Waals surface area contributed by atoms with E-state index in [1.165, 1.54) is 0 Å². The van der Waals surface area contributed by atoms with Gasteiger partial charge in [0.1, 0.15) is 5.82 Å². The molecule has 0 radical (unpaired) electrons. The molecule has 6 heteroatoms. The van der Waals surface area contributed by atoms with Crippen LogP contribution in [-0.4, -0.2) is 0 Å². The lowest BCUT2D eigenvalue weighted by atomic mass is 10.0. The summed E-state index contributed by atoms with van der Waals surface area (Å²) in [4.78, 5) is 0. The summed E-state index contributed by atoms with van der Waals surface area (Å²) in [6, 6.07) is 0.470. The van der Waals surface area contributed by atoms with Crippen molar-refractivity contribution in [2.75, 3.05) is 0 Å². The summed E-state index contributed by atoms with van der Waals surface area (Å²) in [5.41, 5.74) is 4.32. The molecule has 0 aliphatic rings. The van der Waals surface area contributed by atoms with Crippen molar-refractivity contribution < 1.29 is 17.6 Å². The van der Waals surface area contributed by atoms with Gasteiger partial charge in [-0.15, -0.1) is 0 Å². The maximum atomic E-state index is 13.4. The minimum absolute atomic E-state index is 0.206. The van der Waals surface area contributed by atoms with Gasteiger partial charge in [0.2, 0.25) is 0 Å². The number of hydrogen-bond donors (Lipinski definition) is 1. The molecule has 0 saturated carbocycles. The monoisotopic (exact) mass is 255 g/mol. The van der Waals surface area contributed by atoms with Gasteiger partial charge < -0.3 is 5.73 Å². The smallest absolute Gasteiger partial charge is 0.324 e. The molecule has 1 aromatic rings. The fourth-order valence-electron chi connectivity index (χ4n) is 1.26. The second kappa shape index (κ2) is 4.59. The van der Waals surface area contributed by atoms with Gasteiger partial charge >= 0.3 is 6.18 Å². The van der Waals surface area contributed by atoms with Crippen molar-refractivity contribution in [1.29, 1.82) is 0 Å². The Balaban J connectivity index is 3.33. The maximum Gasteiger partial charge on any atom is 0.416 e. The lowest BCUT2D eigenvalue weighted by molar-refractivity contribution is -0.137. The highest BCUT2D eigenvalue weighted by molar-refractivity contribution is 6.30. The van der Waals surface area contributed by atoms with Crippen LogP contribution in [0.15, 0.2) is 12.1 Å². The van der Waals surface area contributed by atoms with Crippen molar-refractivity contribution in [3.05, 3.63) is 34.1 Å². The van der Waals surface area contributed by atoms with E-state index in [1.807, 2.05) is 0 Å². The van der Waals surface area contributed by atoms with E-state index in [2.05, 4.69) is 0 Å². The molecule has 1 nitrogen and oxygen atoms in total. The third-order valence-corrected chi connectivity index (χ3v) is 2.50. The minimum Gasteiger partial charge on any atom is -0.324 e. The molecule has 0 unspecified atom stereocenters. The van der Waals surface area contributed by atoms with Gasteiger partial charge in [0.25, 0.3) is 0 Å². The molecule has 0 aliphatic carbocycles. The molecule has 1 aromatic carbocycles. The van der Waals surface area contributed by atoms with Crippen LogP contribution in [0.5, 0.6) is 0 Å². The quantitative estimate of drug-likeness (QED) is 0.797. The fourth-order valence-corrected chi connectivity index (χ4v) is 1.49. The Morgan fingerprint density at radius 2 is 1.94 bits per heavy atom. The largest absolute Gasteiger partial charge is 0.416 e. The average Bonchev–Trinajstić information content (AvgIpc) is 2.19. The summed E-state index contributed by atoms with van der Waals surface area (Å²) in [5.74, 6) is -0.885. The van der Waals surface area contributed by atoms with Gasteiger partial charge in [-0.1, -0.05) is 18.5 Å². The van der Waals surface area contributed by atoms with E-state index in [4.69, 9.17) is 17.3 Å². The van der Waals surface area contributed by atoms with Gasteiger partial charge in [0.05, 0.1) is 10.6 Å². The zero-order valence-corrected chi connectivity index (χ0v) is 9.16. The van der Waals surface area contributed by atoms with Crippen LogP contribution in [0.3, 0.4) is 0 Å². The SMILES string of the molecule is CC[C@@H](N)c1cc(C(F)(F)F)cc(Cl)c1F. The van der Waals surface area contributed by atoms with Crippen LogP contribution in [0.4, 0.5) is 17.6 Å². The molecule has 0 aromatic heterocycles. The number of benzene rings is 1. The molecule has 90 valence electrons. The lowest BCUT2D eigenvalue weighted by Gasteiger charge is -2.15. The Labute approximate surface area is 95.2 Å². The first-order valence-corrected chi connectivity index (χ1v) is 4.96. The number of hydrogen-bond acceptors (Lipinski definition) is 1. The summed E-state index contributed by atoms with van der Waals surface area (Å²) in [5, 5.41) is -0.561. The number of alkyl halides is 3. The van der Waals surface area contributed by atoms with Crippen LogP contribution in [0, 0.1) is 5.82 Å². The standard InChI is InChI=1S/C10H10ClF4N/c1-2-8(16)6-3-5(10(13,14)15)4-7(11)9(6)12/h3-4,8H,2,16H2,1H3/t8-/m1/s1. The molecule has 1 rings (SSSR count). The first kappa shape index (κ1) is 13.3. The number of nitrogens with two attached hydrogens (primary N) is 1. The van der Waals surface area contributed by atoms with Crippen LogP contribution in [0.25, 0.3) is 0 Å². The van der Waals surface area contributed by atoms with E-state index in [9.17, 15) is 17.6 Å². The summed E-state index contributed by atoms with van der Waals surface area (Å²) in [7, 11) is 0. The Morgan fingerprint density at radius 3 is 2.38 bits per heavy atom. The van der Waals surface area contributed by atoms with Crippen molar-refractivity contribution in [3.63, 3.8) is 0 Å². The second-order valence-corrected chi connectivity index (χ2v) is 3.78. The van der Waals surface area contributed by atoms with Gasteiger partial charge in [0, 0.05) is 11.6 Å². The molecule has 2 N–H and O–H groups in total.